The molecule has 1 aromatic rings. The van der Waals surface area contributed by atoms with Gasteiger partial charge >= 0.3 is 6.09 Å². The van der Waals surface area contributed by atoms with Crippen molar-refractivity contribution in [1.82, 2.24) is 10.3 Å². The summed E-state index contributed by atoms with van der Waals surface area (Å²) in [6.45, 7) is 7.29. The number of alkyl carbamates (subject to hydrolysis) is 1. The number of aromatic hydroxyl groups is 1. The summed E-state index contributed by atoms with van der Waals surface area (Å²) in [7, 11) is 0. The van der Waals surface area contributed by atoms with Crippen LogP contribution >= 0.6 is 0 Å². The molecule has 3 N–H and O–H groups in total. The van der Waals surface area contributed by atoms with Crippen molar-refractivity contribution in [2.75, 3.05) is 0 Å². The molecule has 6 nitrogen and oxygen atoms in total. The Hall–Kier alpha value is -1.98. The lowest BCUT2D eigenvalue weighted by molar-refractivity contribution is 0.0499. The zero-order chi connectivity index (χ0) is 15.3. The highest BCUT2D eigenvalue weighted by Crippen LogP contribution is 2.19. The molecule has 1 heterocycles. The van der Waals surface area contributed by atoms with Gasteiger partial charge in [0.25, 0.3) is 5.56 Å². The van der Waals surface area contributed by atoms with Crippen LogP contribution in [0.5, 0.6) is 5.75 Å². The number of aromatic nitrogens is 1. The van der Waals surface area contributed by atoms with Crippen LogP contribution in [-0.2, 0) is 4.74 Å². The van der Waals surface area contributed by atoms with E-state index in [0.717, 1.165) is 12.5 Å². The Kier molecular flexibility index (Phi) is 5.19. The lowest BCUT2D eigenvalue weighted by atomic mass is 10.1. The lowest BCUT2D eigenvalue weighted by Gasteiger charge is -2.23. The molecule has 1 atom stereocenters. The minimum atomic E-state index is -0.590. The number of hydrogen-bond donors (Lipinski definition) is 3. The number of pyridine rings is 1. The maximum atomic E-state index is 11.8. The second-order valence-corrected chi connectivity index (χ2v) is 5.65. The summed E-state index contributed by atoms with van der Waals surface area (Å²) in [5.74, 6) is -0.129. The molecule has 0 saturated carbocycles. The van der Waals surface area contributed by atoms with E-state index in [1.807, 2.05) is 6.92 Å². The summed E-state index contributed by atoms with van der Waals surface area (Å²) in [4.78, 5) is 25.8. The fourth-order valence-electron chi connectivity index (χ4n) is 1.78. The van der Waals surface area contributed by atoms with Gasteiger partial charge in [-0.15, -0.1) is 0 Å². The van der Waals surface area contributed by atoms with Gasteiger partial charge in [0.2, 0.25) is 0 Å². The fourth-order valence-corrected chi connectivity index (χ4v) is 1.78. The van der Waals surface area contributed by atoms with Crippen molar-refractivity contribution >= 4 is 6.09 Å². The third kappa shape index (κ3) is 5.34. The van der Waals surface area contributed by atoms with Gasteiger partial charge in [-0.05, 0) is 27.2 Å². The van der Waals surface area contributed by atoms with Crippen molar-refractivity contribution in [2.45, 2.75) is 52.2 Å². The number of rotatable bonds is 4. The van der Waals surface area contributed by atoms with Crippen molar-refractivity contribution in [2.24, 2.45) is 0 Å². The molecule has 1 aromatic heterocycles. The summed E-state index contributed by atoms with van der Waals surface area (Å²) in [5.41, 5.74) is -0.539. The highest BCUT2D eigenvalue weighted by atomic mass is 16.6. The van der Waals surface area contributed by atoms with Crippen LogP contribution < -0.4 is 10.9 Å². The number of amides is 1. The molecule has 0 aliphatic rings. The summed E-state index contributed by atoms with van der Waals surface area (Å²) in [6.07, 6.45) is 0.872. The number of carbonyl (C=O) groups is 1. The largest absolute Gasteiger partial charge is 0.508 e. The topological polar surface area (TPSA) is 91.4 Å². The van der Waals surface area contributed by atoms with Gasteiger partial charge in [-0.3, -0.25) is 4.79 Å². The smallest absolute Gasteiger partial charge is 0.408 e. The predicted octanol–water partition coefficient (Wildman–Crippen LogP) is 2.45. The Morgan fingerprint density at radius 2 is 2.10 bits per heavy atom. The van der Waals surface area contributed by atoms with Crippen LogP contribution in [0.2, 0.25) is 0 Å². The average Bonchev–Trinajstić information content (AvgIpc) is 2.24. The molecule has 0 aromatic carbocycles. The first-order chi connectivity index (χ1) is 9.21. The van der Waals surface area contributed by atoms with Crippen LogP contribution in [0.15, 0.2) is 16.9 Å². The number of H-pyrrole nitrogens is 1. The maximum Gasteiger partial charge on any atom is 0.408 e. The molecule has 0 aliphatic heterocycles. The van der Waals surface area contributed by atoms with Gasteiger partial charge in [0, 0.05) is 17.8 Å². The molecule has 0 saturated heterocycles. The van der Waals surface area contributed by atoms with E-state index in [2.05, 4.69) is 10.3 Å². The van der Waals surface area contributed by atoms with Crippen molar-refractivity contribution in [1.29, 1.82) is 0 Å². The minimum absolute atomic E-state index is 0.129. The second-order valence-electron chi connectivity index (χ2n) is 5.65. The number of ether oxygens (including phenoxy) is 1. The second kappa shape index (κ2) is 6.45. The molecule has 1 rings (SSSR count). The Labute approximate surface area is 118 Å². The molecule has 112 valence electrons. The molecule has 1 amide bonds. The van der Waals surface area contributed by atoms with Crippen LogP contribution in [0.25, 0.3) is 0 Å². The summed E-state index contributed by atoms with van der Waals surface area (Å²) in [5, 5.41) is 12.2. The SMILES string of the molecule is CCC[C@@H](NC(=O)OC(C)(C)C)c1cc(O)cc(=O)[nH]1. The first-order valence-corrected chi connectivity index (χ1v) is 6.64. The molecular weight excluding hydrogens is 260 g/mol. The number of hydrogen-bond acceptors (Lipinski definition) is 4. The molecule has 20 heavy (non-hydrogen) atoms. The van der Waals surface area contributed by atoms with Gasteiger partial charge in [0.15, 0.2) is 0 Å². The van der Waals surface area contributed by atoms with E-state index in [0.29, 0.717) is 12.1 Å². The van der Waals surface area contributed by atoms with Crippen LogP contribution in [0.3, 0.4) is 0 Å². The Morgan fingerprint density at radius 3 is 2.60 bits per heavy atom. The predicted molar refractivity (Wildman–Crippen MR) is 75.7 cm³/mol. The van der Waals surface area contributed by atoms with Gasteiger partial charge < -0.3 is 20.1 Å². The Balaban J connectivity index is 2.88. The van der Waals surface area contributed by atoms with E-state index in [1.54, 1.807) is 20.8 Å². The number of aromatic amines is 1. The van der Waals surface area contributed by atoms with E-state index in [-0.39, 0.29) is 5.75 Å². The third-order valence-electron chi connectivity index (χ3n) is 2.49. The monoisotopic (exact) mass is 282 g/mol. The van der Waals surface area contributed by atoms with E-state index < -0.39 is 23.3 Å². The average molecular weight is 282 g/mol. The quantitative estimate of drug-likeness (QED) is 0.791. The lowest BCUT2D eigenvalue weighted by Crippen LogP contribution is -2.35. The van der Waals surface area contributed by atoms with Gasteiger partial charge in [0.1, 0.15) is 11.4 Å². The Morgan fingerprint density at radius 1 is 1.45 bits per heavy atom. The Bertz CT molecular complexity index is 517. The van der Waals surface area contributed by atoms with Crippen molar-refractivity contribution < 1.29 is 14.6 Å². The number of carbonyl (C=O) groups excluding carboxylic acids is 1. The highest BCUT2D eigenvalue weighted by Gasteiger charge is 2.21. The minimum Gasteiger partial charge on any atom is -0.508 e. The summed E-state index contributed by atoms with van der Waals surface area (Å²) >= 11 is 0. The van der Waals surface area contributed by atoms with Gasteiger partial charge in [-0.2, -0.15) is 0 Å². The maximum absolute atomic E-state index is 11.8. The van der Waals surface area contributed by atoms with Gasteiger partial charge in [-0.25, -0.2) is 4.79 Å². The van der Waals surface area contributed by atoms with E-state index in [1.165, 1.54) is 6.07 Å². The van der Waals surface area contributed by atoms with Crippen LogP contribution in [0, 0.1) is 0 Å². The van der Waals surface area contributed by atoms with E-state index in [4.69, 9.17) is 4.74 Å². The summed E-state index contributed by atoms with van der Waals surface area (Å²) in [6, 6.07) is 2.11. The highest BCUT2D eigenvalue weighted by molar-refractivity contribution is 5.68. The van der Waals surface area contributed by atoms with E-state index >= 15 is 0 Å². The first kappa shape index (κ1) is 16.1. The first-order valence-electron chi connectivity index (χ1n) is 6.64. The van der Waals surface area contributed by atoms with Crippen molar-refractivity contribution in [3.05, 3.63) is 28.2 Å². The van der Waals surface area contributed by atoms with E-state index in [9.17, 15) is 14.7 Å². The number of nitrogens with one attached hydrogen (secondary N) is 2. The molecule has 0 fully saturated rings. The molecule has 0 aliphatic carbocycles. The molecule has 0 bridgehead atoms. The fraction of sp³-hybridized carbons (Fsp3) is 0.571. The molecule has 0 radical (unpaired) electrons. The zero-order valence-electron chi connectivity index (χ0n) is 12.3. The molecule has 6 heteroatoms. The molecule has 0 spiro atoms. The van der Waals surface area contributed by atoms with Gasteiger partial charge in [0.05, 0.1) is 6.04 Å². The normalized spacial score (nSPS) is 12.8. The van der Waals surface area contributed by atoms with Crippen LogP contribution in [0.4, 0.5) is 4.79 Å². The van der Waals surface area contributed by atoms with Crippen molar-refractivity contribution in [3.8, 4) is 5.75 Å². The molecule has 0 unspecified atom stereocenters. The van der Waals surface area contributed by atoms with Crippen molar-refractivity contribution in [3.63, 3.8) is 0 Å². The zero-order valence-corrected chi connectivity index (χ0v) is 12.3. The molecular formula is C14H22N2O4. The van der Waals surface area contributed by atoms with Crippen LogP contribution in [0.1, 0.15) is 52.3 Å². The standard InChI is InChI=1S/C14H22N2O4/c1-5-6-10(16-13(19)20-14(2,3)4)11-7-9(17)8-12(18)15-11/h7-8,10H,5-6H2,1-4H3,(H,16,19)(H2,15,17,18)/t10-/m1/s1. The van der Waals surface area contributed by atoms with Gasteiger partial charge in [-0.1, -0.05) is 13.3 Å². The third-order valence-corrected chi connectivity index (χ3v) is 2.49. The summed E-state index contributed by atoms with van der Waals surface area (Å²) < 4.78 is 5.19. The van der Waals surface area contributed by atoms with Crippen LogP contribution in [-0.4, -0.2) is 21.8 Å².